The van der Waals surface area contributed by atoms with E-state index < -0.39 is 0 Å². The highest BCUT2D eigenvalue weighted by molar-refractivity contribution is 5.78. The smallest absolute Gasteiger partial charge is 0.234 e. The van der Waals surface area contributed by atoms with Crippen molar-refractivity contribution < 1.29 is 9.53 Å². The molecule has 0 unspecified atom stereocenters. The number of hydrogen-bond acceptors (Lipinski definition) is 3. The maximum absolute atomic E-state index is 12.2. The third kappa shape index (κ3) is 5.87. The van der Waals surface area contributed by atoms with Crippen LogP contribution in [0.3, 0.4) is 0 Å². The number of amides is 1. The van der Waals surface area contributed by atoms with E-state index in [1.807, 2.05) is 42.3 Å². The molecule has 0 radical (unpaired) electrons. The Hall–Kier alpha value is -1.55. The van der Waals surface area contributed by atoms with Gasteiger partial charge in [-0.25, -0.2) is 0 Å². The van der Waals surface area contributed by atoms with Gasteiger partial charge >= 0.3 is 0 Å². The number of hydrogen-bond donors (Lipinski definition) is 1. The van der Waals surface area contributed by atoms with E-state index in [0.717, 1.165) is 18.7 Å². The van der Waals surface area contributed by atoms with Crippen LogP contribution in [-0.4, -0.2) is 43.6 Å². The zero-order valence-corrected chi connectivity index (χ0v) is 14.6. The molecule has 23 heavy (non-hydrogen) atoms. The van der Waals surface area contributed by atoms with Gasteiger partial charge in [-0.15, -0.1) is 0 Å². The summed E-state index contributed by atoms with van der Waals surface area (Å²) in [6.45, 7) is 6.29. The summed E-state index contributed by atoms with van der Waals surface area (Å²) in [5, 5.41) is 3.22. The predicted octanol–water partition coefficient (Wildman–Crippen LogP) is 2.94. The fraction of sp³-hybridized carbons (Fsp3) is 0.632. The van der Waals surface area contributed by atoms with Crippen molar-refractivity contribution in [2.75, 3.05) is 26.7 Å². The summed E-state index contributed by atoms with van der Waals surface area (Å²) in [5.41, 5.74) is 0. The summed E-state index contributed by atoms with van der Waals surface area (Å²) in [6.07, 6.45) is 3.61. The number of ether oxygens (including phenoxy) is 1. The summed E-state index contributed by atoms with van der Waals surface area (Å²) >= 11 is 0. The van der Waals surface area contributed by atoms with Crippen molar-refractivity contribution in [1.82, 2.24) is 10.2 Å². The first-order chi connectivity index (χ1) is 11.1. The largest absolute Gasteiger partial charge is 0.492 e. The lowest BCUT2D eigenvalue weighted by molar-refractivity contribution is -0.123. The van der Waals surface area contributed by atoms with Crippen LogP contribution in [0.1, 0.15) is 33.1 Å². The standard InChI is InChI=1S/C19H30N2O2/c1-15-8-7-11-18(16(15)2)20-19(22)14-21(3)12-13-23-17-9-5-4-6-10-17/h4-6,9-10,15-16,18H,7-8,11-14H2,1-3H3,(H,20,22)/t15-,16+,18-/m1/s1. The lowest BCUT2D eigenvalue weighted by atomic mass is 9.78. The lowest BCUT2D eigenvalue weighted by Crippen LogP contribution is -2.47. The second-order valence-corrected chi connectivity index (χ2v) is 6.84. The number of benzene rings is 1. The molecule has 2 rings (SSSR count). The summed E-state index contributed by atoms with van der Waals surface area (Å²) in [7, 11) is 1.96. The maximum atomic E-state index is 12.2. The molecule has 0 aliphatic heterocycles. The van der Waals surface area contributed by atoms with Crippen LogP contribution in [-0.2, 0) is 4.79 Å². The van der Waals surface area contributed by atoms with Crippen LogP contribution in [0.4, 0.5) is 0 Å². The number of likely N-dealkylation sites (N-methyl/N-ethyl adjacent to an activating group) is 1. The quantitative estimate of drug-likeness (QED) is 0.840. The SMILES string of the molecule is C[C@H]1[C@H](C)CCC[C@H]1NC(=O)CN(C)CCOc1ccccc1. The summed E-state index contributed by atoms with van der Waals surface area (Å²) < 4.78 is 5.67. The molecule has 1 amide bonds. The Balaban J connectivity index is 1.66. The predicted molar refractivity (Wildman–Crippen MR) is 93.5 cm³/mol. The highest BCUT2D eigenvalue weighted by Crippen LogP contribution is 2.29. The van der Waals surface area contributed by atoms with Crippen molar-refractivity contribution in [2.24, 2.45) is 11.8 Å². The van der Waals surface area contributed by atoms with E-state index in [9.17, 15) is 4.79 Å². The van der Waals surface area contributed by atoms with Crippen LogP contribution in [0.25, 0.3) is 0 Å². The van der Waals surface area contributed by atoms with Gasteiger partial charge in [0.1, 0.15) is 12.4 Å². The molecule has 1 aromatic carbocycles. The number of para-hydroxylation sites is 1. The molecule has 4 nitrogen and oxygen atoms in total. The fourth-order valence-corrected chi connectivity index (χ4v) is 3.20. The molecule has 1 fully saturated rings. The Bertz CT molecular complexity index is 478. The molecule has 0 saturated heterocycles. The van der Waals surface area contributed by atoms with Crippen molar-refractivity contribution >= 4 is 5.91 Å². The van der Waals surface area contributed by atoms with E-state index in [-0.39, 0.29) is 5.91 Å². The van der Waals surface area contributed by atoms with Crippen molar-refractivity contribution in [3.8, 4) is 5.75 Å². The van der Waals surface area contributed by atoms with Gasteiger partial charge in [-0.1, -0.05) is 44.9 Å². The molecule has 1 aliphatic carbocycles. The fourth-order valence-electron chi connectivity index (χ4n) is 3.20. The normalized spacial score (nSPS) is 24.4. The minimum atomic E-state index is 0.123. The molecule has 128 valence electrons. The van der Waals surface area contributed by atoms with Crippen molar-refractivity contribution in [1.29, 1.82) is 0 Å². The first kappa shape index (κ1) is 17.8. The summed E-state index contributed by atoms with van der Waals surface area (Å²) in [6, 6.07) is 10.1. The third-order valence-corrected chi connectivity index (χ3v) is 4.95. The Kier molecular flexibility index (Phi) is 6.90. The lowest BCUT2D eigenvalue weighted by Gasteiger charge is -2.35. The summed E-state index contributed by atoms with van der Waals surface area (Å²) in [5.74, 6) is 2.26. The molecule has 0 aromatic heterocycles. The van der Waals surface area contributed by atoms with Crippen LogP contribution in [0, 0.1) is 11.8 Å². The van der Waals surface area contributed by atoms with E-state index >= 15 is 0 Å². The van der Waals surface area contributed by atoms with Gasteiger partial charge in [0.25, 0.3) is 0 Å². The van der Waals surface area contributed by atoms with Gasteiger partial charge in [-0.05, 0) is 37.4 Å². The van der Waals surface area contributed by atoms with E-state index in [1.165, 1.54) is 12.8 Å². The minimum Gasteiger partial charge on any atom is -0.492 e. The van der Waals surface area contributed by atoms with E-state index in [1.54, 1.807) is 0 Å². The van der Waals surface area contributed by atoms with Crippen LogP contribution < -0.4 is 10.1 Å². The molecule has 0 spiro atoms. The highest BCUT2D eigenvalue weighted by Gasteiger charge is 2.28. The third-order valence-electron chi connectivity index (χ3n) is 4.95. The zero-order chi connectivity index (χ0) is 16.7. The highest BCUT2D eigenvalue weighted by atomic mass is 16.5. The molecule has 4 heteroatoms. The second kappa shape index (κ2) is 8.92. The Morgan fingerprint density at radius 2 is 2.00 bits per heavy atom. The second-order valence-electron chi connectivity index (χ2n) is 6.84. The Labute approximate surface area is 140 Å². The van der Waals surface area contributed by atoms with Crippen molar-refractivity contribution in [3.63, 3.8) is 0 Å². The maximum Gasteiger partial charge on any atom is 0.234 e. The number of carbonyl (C=O) groups is 1. The average molecular weight is 318 g/mol. The van der Waals surface area contributed by atoms with Gasteiger partial charge < -0.3 is 10.1 Å². The van der Waals surface area contributed by atoms with Gasteiger partial charge in [0, 0.05) is 12.6 Å². The van der Waals surface area contributed by atoms with Crippen LogP contribution in [0.15, 0.2) is 30.3 Å². The monoisotopic (exact) mass is 318 g/mol. The zero-order valence-electron chi connectivity index (χ0n) is 14.6. The number of nitrogens with zero attached hydrogens (tertiary/aromatic N) is 1. The number of nitrogens with one attached hydrogen (secondary N) is 1. The van der Waals surface area contributed by atoms with Gasteiger partial charge in [0.15, 0.2) is 0 Å². The molecule has 1 N–H and O–H groups in total. The number of carbonyl (C=O) groups excluding carboxylic acids is 1. The molecule has 0 bridgehead atoms. The molecule has 0 heterocycles. The molecule has 3 atom stereocenters. The first-order valence-electron chi connectivity index (χ1n) is 8.72. The molecule has 1 aromatic rings. The topological polar surface area (TPSA) is 41.6 Å². The van der Waals surface area contributed by atoms with E-state index in [4.69, 9.17) is 4.74 Å². The Morgan fingerprint density at radius 3 is 2.74 bits per heavy atom. The molecule has 1 aliphatic rings. The van der Waals surface area contributed by atoms with Crippen LogP contribution in [0.2, 0.25) is 0 Å². The van der Waals surface area contributed by atoms with Gasteiger partial charge in [-0.2, -0.15) is 0 Å². The summed E-state index contributed by atoms with van der Waals surface area (Å²) in [4.78, 5) is 14.2. The van der Waals surface area contributed by atoms with Gasteiger partial charge in [-0.3, -0.25) is 9.69 Å². The van der Waals surface area contributed by atoms with E-state index in [0.29, 0.717) is 31.0 Å². The van der Waals surface area contributed by atoms with Crippen molar-refractivity contribution in [3.05, 3.63) is 30.3 Å². The first-order valence-corrected chi connectivity index (χ1v) is 8.72. The van der Waals surface area contributed by atoms with Crippen LogP contribution in [0.5, 0.6) is 5.75 Å². The molecular formula is C19H30N2O2. The van der Waals surface area contributed by atoms with E-state index in [2.05, 4.69) is 19.2 Å². The van der Waals surface area contributed by atoms with Crippen molar-refractivity contribution in [2.45, 2.75) is 39.2 Å². The van der Waals surface area contributed by atoms with Crippen LogP contribution >= 0.6 is 0 Å². The number of rotatable bonds is 7. The minimum absolute atomic E-state index is 0.123. The van der Waals surface area contributed by atoms with Gasteiger partial charge in [0.2, 0.25) is 5.91 Å². The molecular weight excluding hydrogens is 288 g/mol. The van der Waals surface area contributed by atoms with Gasteiger partial charge in [0.05, 0.1) is 6.54 Å². The Morgan fingerprint density at radius 1 is 1.26 bits per heavy atom. The molecule has 1 saturated carbocycles. The average Bonchev–Trinajstić information content (AvgIpc) is 2.53.